The van der Waals surface area contributed by atoms with Gasteiger partial charge >= 0.3 is 0 Å². The molecule has 1 aromatic rings. The number of aromatic nitrogens is 1. The fourth-order valence-electron chi connectivity index (χ4n) is 1.47. The fourth-order valence-corrected chi connectivity index (χ4v) is 1.70. The first-order valence-corrected chi connectivity index (χ1v) is 5.78. The maximum absolute atomic E-state index is 9.85. The third-order valence-corrected chi connectivity index (χ3v) is 2.81. The molecule has 4 heteroatoms. The van der Waals surface area contributed by atoms with Crippen molar-refractivity contribution in [1.82, 2.24) is 4.98 Å². The molecular formula is C11H16BrNO2. The number of ether oxygens (including phenoxy) is 1. The highest BCUT2D eigenvalue weighted by atomic mass is 79.9. The number of hydrogen-bond donors (Lipinski definition) is 1. The molecule has 1 N–H and O–H groups in total. The summed E-state index contributed by atoms with van der Waals surface area (Å²) < 4.78 is 6.11. The molecule has 15 heavy (non-hydrogen) atoms. The van der Waals surface area contributed by atoms with Crippen LogP contribution in [0.4, 0.5) is 0 Å². The molecule has 0 radical (unpaired) electrons. The van der Waals surface area contributed by atoms with Gasteiger partial charge < -0.3 is 9.84 Å². The summed E-state index contributed by atoms with van der Waals surface area (Å²) in [5.74, 6) is 0. The Morgan fingerprint density at radius 3 is 2.73 bits per heavy atom. The van der Waals surface area contributed by atoms with Crippen LogP contribution in [-0.4, -0.2) is 29.4 Å². The Hall–Kier alpha value is -0.450. The molecule has 1 rings (SSSR count). The SMILES string of the molecule is CCC(OC)C(O)Cc1ccc(Br)cn1. The Bertz CT molecular complexity index is 285. The summed E-state index contributed by atoms with van der Waals surface area (Å²) in [6, 6.07) is 3.82. The first-order valence-electron chi connectivity index (χ1n) is 4.98. The van der Waals surface area contributed by atoms with Gasteiger partial charge in [-0.25, -0.2) is 0 Å². The smallest absolute Gasteiger partial charge is 0.0856 e. The van der Waals surface area contributed by atoms with Crippen LogP contribution in [0.15, 0.2) is 22.8 Å². The van der Waals surface area contributed by atoms with Crippen LogP contribution in [0.25, 0.3) is 0 Å². The third kappa shape index (κ3) is 3.89. The third-order valence-electron chi connectivity index (χ3n) is 2.34. The van der Waals surface area contributed by atoms with Crippen LogP contribution < -0.4 is 0 Å². The Morgan fingerprint density at radius 2 is 2.27 bits per heavy atom. The van der Waals surface area contributed by atoms with Crippen molar-refractivity contribution in [3.63, 3.8) is 0 Å². The van der Waals surface area contributed by atoms with Crippen molar-refractivity contribution in [3.8, 4) is 0 Å². The predicted molar refractivity (Wildman–Crippen MR) is 62.7 cm³/mol. The van der Waals surface area contributed by atoms with Crippen LogP contribution in [0, 0.1) is 0 Å². The highest BCUT2D eigenvalue weighted by Gasteiger charge is 2.17. The van der Waals surface area contributed by atoms with Crippen molar-refractivity contribution >= 4 is 15.9 Å². The zero-order chi connectivity index (χ0) is 11.3. The van der Waals surface area contributed by atoms with E-state index in [2.05, 4.69) is 20.9 Å². The Kier molecular flexibility index (Phi) is 5.22. The van der Waals surface area contributed by atoms with Crippen LogP contribution in [0.5, 0.6) is 0 Å². The number of aliphatic hydroxyl groups excluding tert-OH is 1. The van der Waals surface area contributed by atoms with Crippen molar-refractivity contribution in [2.24, 2.45) is 0 Å². The van der Waals surface area contributed by atoms with E-state index in [1.54, 1.807) is 13.3 Å². The van der Waals surface area contributed by atoms with Gasteiger partial charge in [-0.1, -0.05) is 6.92 Å². The van der Waals surface area contributed by atoms with E-state index in [-0.39, 0.29) is 6.10 Å². The average Bonchev–Trinajstić information content (AvgIpc) is 2.23. The van der Waals surface area contributed by atoms with Gasteiger partial charge in [0.25, 0.3) is 0 Å². The largest absolute Gasteiger partial charge is 0.390 e. The van der Waals surface area contributed by atoms with Crippen molar-refractivity contribution in [1.29, 1.82) is 0 Å². The van der Waals surface area contributed by atoms with E-state index in [0.29, 0.717) is 6.42 Å². The van der Waals surface area contributed by atoms with Crippen LogP contribution in [0.2, 0.25) is 0 Å². The van der Waals surface area contributed by atoms with Gasteiger partial charge in [-0.3, -0.25) is 4.98 Å². The van der Waals surface area contributed by atoms with Gasteiger partial charge in [0.05, 0.1) is 12.2 Å². The molecule has 0 aliphatic heterocycles. The summed E-state index contributed by atoms with van der Waals surface area (Å²) in [6.07, 6.45) is 2.45. The van der Waals surface area contributed by atoms with E-state index in [9.17, 15) is 5.11 Å². The molecule has 2 atom stereocenters. The molecule has 0 saturated carbocycles. The summed E-state index contributed by atoms with van der Waals surface area (Å²) in [5.41, 5.74) is 0.876. The second-order valence-corrected chi connectivity index (χ2v) is 4.34. The van der Waals surface area contributed by atoms with Gasteiger partial charge in [0.2, 0.25) is 0 Å². The second kappa shape index (κ2) is 6.20. The monoisotopic (exact) mass is 273 g/mol. The molecule has 0 aliphatic carbocycles. The van der Waals surface area contributed by atoms with Crippen LogP contribution in [0.3, 0.4) is 0 Å². The predicted octanol–water partition coefficient (Wildman–Crippen LogP) is 2.17. The van der Waals surface area contributed by atoms with Gasteiger partial charge in [0.15, 0.2) is 0 Å². The summed E-state index contributed by atoms with van der Waals surface area (Å²) >= 11 is 3.32. The minimum atomic E-state index is -0.492. The number of hydrogen-bond acceptors (Lipinski definition) is 3. The molecule has 0 saturated heterocycles. The van der Waals surface area contributed by atoms with Crippen LogP contribution in [0.1, 0.15) is 19.0 Å². The van der Waals surface area contributed by atoms with Crippen molar-refractivity contribution in [2.75, 3.05) is 7.11 Å². The first kappa shape index (κ1) is 12.6. The highest BCUT2D eigenvalue weighted by Crippen LogP contribution is 2.12. The van der Waals surface area contributed by atoms with Gasteiger partial charge in [-0.05, 0) is 34.5 Å². The molecule has 0 bridgehead atoms. The zero-order valence-electron chi connectivity index (χ0n) is 8.98. The maximum atomic E-state index is 9.85. The molecule has 0 spiro atoms. The molecular weight excluding hydrogens is 258 g/mol. The Balaban J connectivity index is 2.57. The lowest BCUT2D eigenvalue weighted by Crippen LogP contribution is -2.29. The summed E-state index contributed by atoms with van der Waals surface area (Å²) in [4.78, 5) is 4.21. The number of aliphatic hydroxyl groups is 1. The molecule has 0 aliphatic rings. The summed E-state index contributed by atoms with van der Waals surface area (Å²) in [6.45, 7) is 1.99. The first-order chi connectivity index (χ1) is 7.17. The number of halogens is 1. The Labute approximate surface area is 98.6 Å². The summed E-state index contributed by atoms with van der Waals surface area (Å²) in [7, 11) is 1.62. The van der Waals surface area contributed by atoms with Gasteiger partial charge in [0.1, 0.15) is 0 Å². The van der Waals surface area contributed by atoms with E-state index < -0.39 is 6.10 Å². The molecule has 0 fully saturated rings. The van der Waals surface area contributed by atoms with E-state index >= 15 is 0 Å². The highest BCUT2D eigenvalue weighted by molar-refractivity contribution is 9.10. The Morgan fingerprint density at radius 1 is 1.53 bits per heavy atom. The fraction of sp³-hybridized carbons (Fsp3) is 0.545. The van der Waals surface area contributed by atoms with Crippen molar-refractivity contribution < 1.29 is 9.84 Å². The molecule has 0 amide bonds. The van der Waals surface area contributed by atoms with Crippen LogP contribution >= 0.6 is 15.9 Å². The lowest BCUT2D eigenvalue weighted by atomic mass is 10.1. The van der Waals surface area contributed by atoms with E-state index in [1.807, 2.05) is 19.1 Å². The van der Waals surface area contributed by atoms with Crippen molar-refractivity contribution in [3.05, 3.63) is 28.5 Å². The standard InChI is InChI=1S/C11H16BrNO2/c1-3-11(15-2)10(14)6-9-5-4-8(12)7-13-9/h4-5,7,10-11,14H,3,6H2,1-2H3. The zero-order valence-corrected chi connectivity index (χ0v) is 10.6. The van der Waals surface area contributed by atoms with Gasteiger partial charge in [-0.2, -0.15) is 0 Å². The minimum Gasteiger partial charge on any atom is -0.390 e. The van der Waals surface area contributed by atoms with Gasteiger partial charge in [-0.15, -0.1) is 0 Å². The number of nitrogens with zero attached hydrogens (tertiary/aromatic N) is 1. The summed E-state index contributed by atoms with van der Waals surface area (Å²) in [5, 5.41) is 9.85. The second-order valence-electron chi connectivity index (χ2n) is 3.42. The maximum Gasteiger partial charge on any atom is 0.0856 e. The molecule has 2 unspecified atom stereocenters. The van der Waals surface area contributed by atoms with Crippen molar-refractivity contribution in [2.45, 2.75) is 32.0 Å². The van der Waals surface area contributed by atoms with Gasteiger partial charge in [0, 0.05) is 29.9 Å². The van der Waals surface area contributed by atoms with E-state index in [4.69, 9.17) is 4.74 Å². The quantitative estimate of drug-likeness (QED) is 0.894. The molecule has 1 aromatic heterocycles. The number of pyridine rings is 1. The lowest BCUT2D eigenvalue weighted by Gasteiger charge is -2.19. The average molecular weight is 274 g/mol. The lowest BCUT2D eigenvalue weighted by molar-refractivity contribution is -0.0132. The molecule has 84 valence electrons. The van der Waals surface area contributed by atoms with Crippen LogP contribution in [-0.2, 0) is 11.2 Å². The molecule has 0 aromatic carbocycles. The number of rotatable bonds is 5. The minimum absolute atomic E-state index is 0.115. The molecule has 1 heterocycles. The molecule has 3 nitrogen and oxygen atoms in total. The van der Waals surface area contributed by atoms with E-state index in [1.165, 1.54) is 0 Å². The topological polar surface area (TPSA) is 42.4 Å². The number of methoxy groups -OCH3 is 1. The normalized spacial score (nSPS) is 14.9. The van der Waals surface area contributed by atoms with E-state index in [0.717, 1.165) is 16.6 Å².